The Labute approximate surface area is 120 Å². The predicted molar refractivity (Wildman–Crippen MR) is 76.4 cm³/mol. The standard InChI is InChI=1S/C15H26N2O3/c1-10(7-15(19)20)6-14(18)16-11-8-12-4-3-5-13(9-11)17(12)2/h10-13H,3-9H2,1-2H3,(H,16,18)(H,19,20). The predicted octanol–water partition coefficient (Wildman–Crippen LogP) is 1.62. The van der Waals surface area contributed by atoms with E-state index in [1.165, 1.54) is 19.3 Å². The number of carbonyl (C=O) groups is 2. The van der Waals surface area contributed by atoms with E-state index in [1.54, 1.807) is 0 Å². The van der Waals surface area contributed by atoms with Crippen molar-refractivity contribution in [1.82, 2.24) is 10.2 Å². The molecule has 2 aliphatic rings. The number of carboxylic acid groups (broad SMARTS) is 1. The molecule has 114 valence electrons. The molecule has 5 heteroatoms. The minimum absolute atomic E-state index is 0.00590. The van der Waals surface area contributed by atoms with Crippen molar-refractivity contribution in [3.8, 4) is 0 Å². The van der Waals surface area contributed by atoms with Crippen molar-refractivity contribution in [2.24, 2.45) is 5.92 Å². The van der Waals surface area contributed by atoms with Gasteiger partial charge in [0.05, 0.1) is 0 Å². The van der Waals surface area contributed by atoms with E-state index in [0.717, 1.165) is 12.8 Å². The van der Waals surface area contributed by atoms with E-state index in [2.05, 4.69) is 17.3 Å². The fourth-order valence-electron chi connectivity index (χ4n) is 3.71. The Balaban J connectivity index is 1.79. The van der Waals surface area contributed by atoms with Crippen LogP contribution in [0, 0.1) is 5.92 Å². The highest BCUT2D eigenvalue weighted by Crippen LogP contribution is 2.32. The lowest BCUT2D eigenvalue weighted by molar-refractivity contribution is -0.138. The van der Waals surface area contributed by atoms with Gasteiger partial charge < -0.3 is 15.3 Å². The fraction of sp³-hybridized carbons (Fsp3) is 0.867. The molecule has 2 N–H and O–H groups in total. The number of hydrogen-bond donors (Lipinski definition) is 2. The summed E-state index contributed by atoms with van der Waals surface area (Å²) in [6, 6.07) is 1.47. The largest absolute Gasteiger partial charge is 0.481 e. The Morgan fingerprint density at radius 1 is 1.25 bits per heavy atom. The van der Waals surface area contributed by atoms with Crippen molar-refractivity contribution >= 4 is 11.9 Å². The molecule has 2 bridgehead atoms. The Kier molecular flexibility index (Phi) is 5.02. The van der Waals surface area contributed by atoms with Gasteiger partial charge in [-0.2, -0.15) is 0 Å². The van der Waals surface area contributed by atoms with Gasteiger partial charge in [-0.05, 0) is 38.6 Å². The highest BCUT2D eigenvalue weighted by atomic mass is 16.4. The van der Waals surface area contributed by atoms with E-state index >= 15 is 0 Å². The van der Waals surface area contributed by atoms with Crippen molar-refractivity contribution in [3.05, 3.63) is 0 Å². The maximum atomic E-state index is 12.0. The summed E-state index contributed by atoms with van der Waals surface area (Å²) in [7, 11) is 2.20. The van der Waals surface area contributed by atoms with Gasteiger partial charge in [-0.25, -0.2) is 0 Å². The maximum absolute atomic E-state index is 12.0. The lowest BCUT2D eigenvalue weighted by Crippen LogP contribution is -2.55. The van der Waals surface area contributed by atoms with Crippen LogP contribution < -0.4 is 5.32 Å². The van der Waals surface area contributed by atoms with Crippen molar-refractivity contribution in [3.63, 3.8) is 0 Å². The molecule has 2 fully saturated rings. The van der Waals surface area contributed by atoms with Crippen LogP contribution in [0.4, 0.5) is 0 Å². The molecular formula is C15H26N2O3. The van der Waals surface area contributed by atoms with Crippen LogP contribution in [0.5, 0.6) is 0 Å². The van der Waals surface area contributed by atoms with Gasteiger partial charge in [0.15, 0.2) is 0 Å². The van der Waals surface area contributed by atoms with Crippen LogP contribution in [0.3, 0.4) is 0 Å². The van der Waals surface area contributed by atoms with Gasteiger partial charge in [0.25, 0.3) is 0 Å². The number of rotatable bonds is 5. The Morgan fingerprint density at radius 3 is 2.40 bits per heavy atom. The number of fused-ring (bicyclic) bond motifs is 2. The van der Waals surface area contributed by atoms with E-state index in [1.807, 2.05) is 6.92 Å². The molecule has 0 aromatic carbocycles. The second-order valence-electron chi connectivity index (χ2n) is 6.55. The molecule has 2 rings (SSSR count). The number of hydrogen-bond acceptors (Lipinski definition) is 3. The molecule has 1 amide bonds. The number of carboxylic acids is 1. The Bertz CT molecular complexity index is 358. The summed E-state index contributed by atoms with van der Waals surface area (Å²) in [4.78, 5) is 25.1. The SMILES string of the molecule is CC(CC(=O)O)CC(=O)NC1CC2CCCC(C1)N2C. The number of aliphatic carboxylic acids is 1. The summed E-state index contributed by atoms with van der Waals surface area (Å²) < 4.78 is 0. The lowest BCUT2D eigenvalue weighted by Gasteiger charge is -2.47. The first-order valence-corrected chi connectivity index (χ1v) is 7.68. The third-order valence-electron chi connectivity index (χ3n) is 4.76. The van der Waals surface area contributed by atoms with E-state index in [-0.39, 0.29) is 24.3 Å². The van der Waals surface area contributed by atoms with Crippen LogP contribution in [0.25, 0.3) is 0 Å². The third kappa shape index (κ3) is 3.95. The lowest BCUT2D eigenvalue weighted by atomic mass is 9.82. The smallest absolute Gasteiger partial charge is 0.303 e. The molecule has 0 aromatic heterocycles. The maximum Gasteiger partial charge on any atom is 0.303 e. The van der Waals surface area contributed by atoms with Gasteiger partial charge >= 0.3 is 5.97 Å². The first kappa shape index (κ1) is 15.3. The van der Waals surface area contributed by atoms with E-state index < -0.39 is 5.97 Å². The molecule has 5 nitrogen and oxygen atoms in total. The molecule has 0 spiro atoms. The van der Waals surface area contributed by atoms with Crippen molar-refractivity contribution in [1.29, 1.82) is 0 Å². The molecule has 2 aliphatic heterocycles. The minimum Gasteiger partial charge on any atom is -0.481 e. The molecule has 0 radical (unpaired) electrons. The second kappa shape index (κ2) is 6.57. The summed E-state index contributed by atoms with van der Waals surface area (Å²) >= 11 is 0. The summed E-state index contributed by atoms with van der Waals surface area (Å²) in [5.74, 6) is -0.927. The molecule has 2 saturated heterocycles. The van der Waals surface area contributed by atoms with Crippen LogP contribution >= 0.6 is 0 Å². The van der Waals surface area contributed by atoms with Crippen molar-refractivity contribution in [2.45, 2.75) is 70.0 Å². The first-order valence-electron chi connectivity index (χ1n) is 7.68. The Hall–Kier alpha value is -1.10. The monoisotopic (exact) mass is 282 g/mol. The molecule has 3 atom stereocenters. The topological polar surface area (TPSA) is 69.6 Å². The van der Waals surface area contributed by atoms with Crippen LogP contribution in [0.15, 0.2) is 0 Å². The van der Waals surface area contributed by atoms with Gasteiger partial charge in [0, 0.05) is 31.0 Å². The Morgan fingerprint density at radius 2 is 1.85 bits per heavy atom. The zero-order valence-electron chi connectivity index (χ0n) is 12.5. The van der Waals surface area contributed by atoms with Crippen LogP contribution in [-0.4, -0.2) is 47.1 Å². The summed E-state index contributed by atoms with van der Waals surface area (Å²) in [6.07, 6.45) is 6.21. The number of carbonyl (C=O) groups excluding carboxylic acids is 1. The zero-order valence-corrected chi connectivity index (χ0v) is 12.5. The highest BCUT2D eigenvalue weighted by molar-refractivity contribution is 5.77. The summed E-state index contributed by atoms with van der Waals surface area (Å²) in [5, 5.41) is 11.8. The minimum atomic E-state index is -0.834. The molecule has 0 aromatic rings. The van der Waals surface area contributed by atoms with Crippen LogP contribution in [0.1, 0.15) is 51.9 Å². The van der Waals surface area contributed by atoms with E-state index in [9.17, 15) is 9.59 Å². The molecule has 2 heterocycles. The summed E-state index contributed by atoms with van der Waals surface area (Å²) in [6.45, 7) is 1.82. The number of amides is 1. The fourth-order valence-corrected chi connectivity index (χ4v) is 3.71. The van der Waals surface area contributed by atoms with Gasteiger partial charge in [0.1, 0.15) is 0 Å². The quantitative estimate of drug-likeness (QED) is 0.804. The average molecular weight is 282 g/mol. The van der Waals surface area contributed by atoms with Gasteiger partial charge in [-0.15, -0.1) is 0 Å². The van der Waals surface area contributed by atoms with Crippen LogP contribution in [0.2, 0.25) is 0 Å². The van der Waals surface area contributed by atoms with Gasteiger partial charge in [-0.1, -0.05) is 13.3 Å². The molecule has 0 saturated carbocycles. The molecule has 0 aliphatic carbocycles. The van der Waals surface area contributed by atoms with E-state index in [4.69, 9.17) is 5.11 Å². The van der Waals surface area contributed by atoms with Crippen molar-refractivity contribution < 1.29 is 14.7 Å². The van der Waals surface area contributed by atoms with Gasteiger partial charge in [0.2, 0.25) is 5.91 Å². The van der Waals surface area contributed by atoms with Crippen LogP contribution in [-0.2, 0) is 9.59 Å². The molecule has 3 unspecified atom stereocenters. The number of nitrogens with zero attached hydrogens (tertiary/aromatic N) is 1. The molecular weight excluding hydrogens is 256 g/mol. The second-order valence-corrected chi connectivity index (χ2v) is 6.55. The highest BCUT2D eigenvalue weighted by Gasteiger charge is 2.36. The van der Waals surface area contributed by atoms with Crippen molar-refractivity contribution in [2.75, 3.05) is 7.05 Å². The first-order chi connectivity index (χ1) is 9.45. The third-order valence-corrected chi connectivity index (χ3v) is 4.76. The van der Waals surface area contributed by atoms with E-state index in [0.29, 0.717) is 18.5 Å². The van der Waals surface area contributed by atoms with Gasteiger partial charge in [-0.3, -0.25) is 9.59 Å². The molecule has 20 heavy (non-hydrogen) atoms. The average Bonchev–Trinajstić information content (AvgIpc) is 2.28. The normalized spacial score (nSPS) is 31.6. The number of nitrogens with one attached hydrogen (secondary N) is 1. The number of piperidine rings is 2. The summed E-state index contributed by atoms with van der Waals surface area (Å²) in [5.41, 5.74) is 0. The zero-order chi connectivity index (χ0) is 14.7.